The second-order valence-electron chi connectivity index (χ2n) is 5.32. The molecule has 1 saturated heterocycles. The van der Waals surface area contributed by atoms with Gasteiger partial charge in [-0.15, -0.1) is 0 Å². The molecule has 2 N–H and O–H groups in total. The highest BCUT2D eigenvalue weighted by atomic mass is 15.3. The Morgan fingerprint density at radius 2 is 1.74 bits per heavy atom. The van der Waals surface area contributed by atoms with Crippen molar-refractivity contribution in [2.24, 2.45) is 0 Å². The molecular weight excluding hydrogens is 236 g/mol. The van der Waals surface area contributed by atoms with Crippen LogP contribution in [0.15, 0.2) is 24.3 Å². The topological polar surface area (TPSA) is 35.7 Å². The van der Waals surface area contributed by atoms with E-state index in [1.807, 2.05) is 12.1 Å². The summed E-state index contributed by atoms with van der Waals surface area (Å²) in [5.41, 5.74) is 7.84. The molecule has 0 amide bonds. The number of nitrogens with two attached hydrogens (primary N) is 1. The van der Waals surface area contributed by atoms with Crippen LogP contribution < -0.4 is 10.6 Å². The van der Waals surface area contributed by atoms with Gasteiger partial charge in [0.1, 0.15) is 0 Å². The molecule has 0 spiro atoms. The van der Waals surface area contributed by atoms with E-state index in [4.69, 9.17) is 5.73 Å². The van der Waals surface area contributed by atoms with E-state index < -0.39 is 0 Å². The third kappa shape index (κ3) is 4.11. The first kappa shape index (κ1) is 14.2. The number of nitrogens with zero attached hydrogens (tertiary/aromatic N) is 3. The van der Waals surface area contributed by atoms with E-state index in [9.17, 15) is 0 Å². The summed E-state index contributed by atoms with van der Waals surface area (Å²) < 4.78 is 0. The maximum atomic E-state index is 5.74. The standard InChI is InChI=1S/C15H26N4/c1-3-19(15-6-4-14(16)5-7-15)13-12-18-10-8-17(2)9-11-18/h4-7H,3,8-13,16H2,1-2H3. The van der Waals surface area contributed by atoms with Gasteiger partial charge in [-0.2, -0.15) is 0 Å². The molecule has 4 heteroatoms. The van der Waals surface area contributed by atoms with Crippen molar-refractivity contribution in [3.63, 3.8) is 0 Å². The van der Waals surface area contributed by atoms with E-state index in [2.05, 4.69) is 40.8 Å². The molecule has 1 aromatic rings. The smallest absolute Gasteiger partial charge is 0.0368 e. The lowest BCUT2D eigenvalue weighted by molar-refractivity contribution is 0.157. The lowest BCUT2D eigenvalue weighted by atomic mass is 10.2. The summed E-state index contributed by atoms with van der Waals surface area (Å²) in [5, 5.41) is 0. The Morgan fingerprint density at radius 1 is 1.11 bits per heavy atom. The van der Waals surface area contributed by atoms with Gasteiger partial charge in [-0.3, -0.25) is 4.90 Å². The van der Waals surface area contributed by atoms with Crippen molar-refractivity contribution in [1.29, 1.82) is 0 Å². The zero-order valence-electron chi connectivity index (χ0n) is 12.2. The van der Waals surface area contributed by atoms with E-state index >= 15 is 0 Å². The molecule has 1 aliphatic rings. The Morgan fingerprint density at radius 3 is 2.32 bits per heavy atom. The predicted molar refractivity (Wildman–Crippen MR) is 82.7 cm³/mol. The molecule has 0 radical (unpaired) electrons. The molecule has 1 aromatic carbocycles. The fraction of sp³-hybridized carbons (Fsp3) is 0.600. The first-order chi connectivity index (χ1) is 9.19. The summed E-state index contributed by atoms with van der Waals surface area (Å²) in [6, 6.07) is 8.19. The van der Waals surface area contributed by atoms with E-state index in [1.165, 1.54) is 31.9 Å². The van der Waals surface area contributed by atoms with Crippen LogP contribution in [0.25, 0.3) is 0 Å². The highest BCUT2D eigenvalue weighted by molar-refractivity contribution is 5.53. The van der Waals surface area contributed by atoms with E-state index in [0.29, 0.717) is 0 Å². The Bertz CT molecular complexity index is 368. The van der Waals surface area contributed by atoms with Gasteiger partial charge >= 0.3 is 0 Å². The molecule has 1 heterocycles. The van der Waals surface area contributed by atoms with Gasteiger partial charge in [-0.05, 0) is 38.2 Å². The van der Waals surface area contributed by atoms with Crippen LogP contribution >= 0.6 is 0 Å². The van der Waals surface area contributed by atoms with Crippen molar-refractivity contribution in [2.75, 3.05) is 63.5 Å². The van der Waals surface area contributed by atoms with E-state index in [1.54, 1.807) is 0 Å². The van der Waals surface area contributed by atoms with Gasteiger partial charge in [-0.25, -0.2) is 0 Å². The molecule has 0 atom stereocenters. The van der Waals surface area contributed by atoms with Gasteiger partial charge in [0.25, 0.3) is 0 Å². The van der Waals surface area contributed by atoms with Crippen LogP contribution in [0.1, 0.15) is 6.92 Å². The van der Waals surface area contributed by atoms with Crippen molar-refractivity contribution >= 4 is 11.4 Å². The summed E-state index contributed by atoms with van der Waals surface area (Å²) in [5.74, 6) is 0. The van der Waals surface area contributed by atoms with Gasteiger partial charge in [-0.1, -0.05) is 0 Å². The lowest BCUT2D eigenvalue weighted by Gasteiger charge is -2.34. The van der Waals surface area contributed by atoms with Crippen molar-refractivity contribution in [1.82, 2.24) is 9.80 Å². The van der Waals surface area contributed by atoms with E-state index in [-0.39, 0.29) is 0 Å². The number of hydrogen-bond acceptors (Lipinski definition) is 4. The van der Waals surface area contributed by atoms with Crippen molar-refractivity contribution in [2.45, 2.75) is 6.92 Å². The van der Waals surface area contributed by atoms with Crippen LogP contribution in [0, 0.1) is 0 Å². The summed E-state index contributed by atoms with van der Waals surface area (Å²) in [4.78, 5) is 7.37. The van der Waals surface area contributed by atoms with Crippen LogP contribution in [0.3, 0.4) is 0 Å². The second-order valence-corrected chi connectivity index (χ2v) is 5.32. The molecule has 2 rings (SSSR count). The Hall–Kier alpha value is -1.26. The van der Waals surface area contributed by atoms with E-state index in [0.717, 1.165) is 25.3 Å². The Balaban J connectivity index is 1.84. The minimum atomic E-state index is 0.832. The molecule has 19 heavy (non-hydrogen) atoms. The highest BCUT2D eigenvalue weighted by Gasteiger charge is 2.14. The largest absolute Gasteiger partial charge is 0.399 e. The van der Waals surface area contributed by atoms with Crippen molar-refractivity contribution in [3.8, 4) is 0 Å². The molecule has 0 saturated carbocycles. The first-order valence-corrected chi connectivity index (χ1v) is 7.20. The average Bonchev–Trinajstić information content (AvgIpc) is 2.43. The zero-order chi connectivity index (χ0) is 13.7. The maximum Gasteiger partial charge on any atom is 0.0368 e. The molecule has 0 aliphatic carbocycles. The summed E-state index contributed by atoms with van der Waals surface area (Å²) in [6.45, 7) is 10.2. The lowest BCUT2D eigenvalue weighted by Crippen LogP contribution is -2.47. The Labute approximate surface area is 116 Å². The number of nitrogen functional groups attached to an aromatic ring is 1. The SMILES string of the molecule is CCN(CCN1CCN(C)CC1)c1ccc(N)cc1. The van der Waals surface area contributed by atoms with Gasteiger partial charge in [0.15, 0.2) is 0 Å². The average molecular weight is 262 g/mol. The molecular formula is C15H26N4. The fourth-order valence-corrected chi connectivity index (χ4v) is 2.49. The van der Waals surface area contributed by atoms with Crippen molar-refractivity contribution in [3.05, 3.63) is 24.3 Å². The molecule has 0 unspecified atom stereocenters. The predicted octanol–water partition coefficient (Wildman–Crippen LogP) is 1.34. The zero-order valence-corrected chi connectivity index (χ0v) is 12.2. The number of hydrogen-bond donors (Lipinski definition) is 1. The molecule has 1 fully saturated rings. The first-order valence-electron chi connectivity index (χ1n) is 7.20. The minimum absolute atomic E-state index is 0.832. The summed E-state index contributed by atoms with van der Waals surface area (Å²) in [7, 11) is 2.20. The monoisotopic (exact) mass is 262 g/mol. The molecule has 4 nitrogen and oxygen atoms in total. The van der Waals surface area contributed by atoms with Crippen LogP contribution in [0.5, 0.6) is 0 Å². The van der Waals surface area contributed by atoms with Crippen LogP contribution in [0.4, 0.5) is 11.4 Å². The number of anilines is 2. The van der Waals surface area contributed by atoms with Gasteiger partial charge in [0, 0.05) is 57.2 Å². The highest BCUT2D eigenvalue weighted by Crippen LogP contribution is 2.16. The molecule has 0 bridgehead atoms. The number of benzene rings is 1. The number of piperazine rings is 1. The van der Waals surface area contributed by atoms with Gasteiger partial charge < -0.3 is 15.5 Å². The van der Waals surface area contributed by atoms with Crippen molar-refractivity contribution < 1.29 is 0 Å². The molecule has 1 aliphatic heterocycles. The normalized spacial score (nSPS) is 17.6. The summed E-state index contributed by atoms with van der Waals surface area (Å²) in [6.07, 6.45) is 0. The maximum absolute atomic E-state index is 5.74. The van der Waals surface area contributed by atoms with Crippen LogP contribution in [-0.4, -0.2) is 62.7 Å². The fourth-order valence-electron chi connectivity index (χ4n) is 2.49. The number of rotatable bonds is 5. The third-order valence-electron chi connectivity index (χ3n) is 3.92. The summed E-state index contributed by atoms with van der Waals surface area (Å²) >= 11 is 0. The quantitative estimate of drug-likeness (QED) is 0.813. The second kappa shape index (κ2) is 6.78. The van der Waals surface area contributed by atoms with Gasteiger partial charge in [0.2, 0.25) is 0 Å². The molecule has 0 aromatic heterocycles. The number of likely N-dealkylation sites (N-methyl/N-ethyl adjacent to an activating group) is 2. The van der Waals surface area contributed by atoms with Gasteiger partial charge in [0.05, 0.1) is 0 Å². The minimum Gasteiger partial charge on any atom is -0.399 e. The Kier molecular flexibility index (Phi) is 5.05. The van der Waals surface area contributed by atoms with Crippen LogP contribution in [-0.2, 0) is 0 Å². The van der Waals surface area contributed by atoms with Crippen LogP contribution in [0.2, 0.25) is 0 Å². The molecule has 106 valence electrons. The third-order valence-corrected chi connectivity index (χ3v) is 3.92.